The van der Waals surface area contributed by atoms with Crippen molar-refractivity contribution < 1.29 is 14.7 Å². The van der Waals surface area contributed by atoms with Crippen molar-refractivity contribution in [2.45, 2.75) is 20.8 Å². The fourth-order valence-electron chi connectivity index (χ4n) is 2.22. The van der Waals surface area contributed by atoms with E-state index >= 15 is 0 Å². The zero-order chi connectivity index (χ0) is 13.4. The van der Waals surface area contributed by atoms with Crippen molar-refractivity contribution in [3.8, 4) is 0 Å². The highest BCUT2D eigenvalue weighted by Gasteiger charge is 2.37. The molecule has 0 spiro atoms. The predicted octanol–water partition coefficient (Wildman–Crippen LogP) is 1.46. The number of fused-ring (bicyclic) bond motifs is 1. The monoisotopic (exact) mass is 247 g/mol. The summed E-state index contributed by atoms with van der Waals surface area (Å²) < 4.78 is 0. The van der Waals surface area contributed by atoms with E-state index in [1.54, 1.807) is 6.07 Å². The van der Waals surface area contributed by atoms with Gasteiger partial charge in [-0.15, -0.1) is 0 Å². The lowest BCUT2D eigenvalue weighted by molar-refractivity contribution is -0.114. The Balaban J connectivity index is 2.50. The smallest absolute Gasteiger partial charge is 0.299 e. The zero-order valence-corrected chi connectivity index (χ0v) is 10.9. The minimum absolute atomic E-state index is 0.00182. The summed E-state index contributed by atoms with van der Waals surface area (Å²) in [7, 11) is 0. The van der Waals surface area contributed by atoms with E-state index in [1.165, 1.54) is 4.90 Å². The Labute approximate surface area is 106 Å². The van der Waals surface area contributed by atoms with Crippen LogP contribution in [-0.4, -0.2) is 29.9 Å². The molecular weight excluding hydrogens is 230 g/mol. The lowest BCUT2D eigenvalue weighted by atomic mass is 10.0. The molecular formula is C14H17NO3. The summed E-state index contributed by atoms with van der Waals surface area (Å²) in [6, 6.07) is 3.57. The molecule has 1 N–H and O–H groups in total. The SMILES string of the molecule is Cc1ccc2c(c1C)N(CC(C)CO)C(=O)C2=O. The molecule has 1 amide bonds. The van der Waals surface area contributed by atoms with E-state index in [4.69, 9.17) is 5.11 Å². The number of aliphatic hydroxyl groups is 1. The van der Waals surface area contributed by atoms with Gasteiger partial charge in [0.2, 0.25) is 0 Å². The molecule has 0 bridgehead atoms. The number of rotatable bonds is 3. The molecule has 1 aromatic carbocycles. The van der Waals surface area contributed by atoms with Crippen molar-refractivity contribution in [2.24, 2.45) is 5.92 Å². The molecule has 4 heteroatoms. The summed E-state index contributed by atoms with van der Waals surface area (Å²) in [6.45, 7) is 6.09. The van der Waals surface area contributed by atoms with Crippen molar-refractivity contribution in [3.63, 3.8) is 0 Å². The number of hydrogen-bond donors (Lipinski definition) is 1. The topological polar surface area (TPSA) is 57.6 Å². The molecule has 1 aromatic rings. The van der Waals surface area contributed by atoms with Gasteiger partial charge in [-0.3, -0.25) is 9.59 Å². The van der Waals surface area contributed by atoms with Crippen molar-refractivity contribution in [3.05, 3.63) is 28.8 Å². The van der Waals surface area contributed by atoms with Gasteiger partial charge >= 0.3 is 0 Å². The quantitative estimate of drug-likeness (QED) is 0.823. The number of aliphatic hydroxyl groups excluding tert-OH is 1. The van der Waals surface area contributed by atoms with Crippen molar-refractivity contribution in [1.29, 1.82) is 0 Å². The molecule has 0 aromatic heterocycles. The number of hydrogen-bond acceptors (Lipinski definition) is 3. The first kappa shape index (κ1) is 12.8. The number of benzene rings is 1. The molecule has 1 aliphatic rings. The molecule has 4 nitrogen and oxygen atoms in total. The van der Waals surface area contributed by atoms with E-state index in [-0.39, 0.29) is 12.5 Å². The highest BCUT2D eigenvalue weighted by molar-refractivity contribution is 6.52. The average Bonchev–Trinajstić information content (AvgIpc) is 2.59. The van der Waals surface area contributed by atoms with Gasteiger partial charge in [0.25, 0.3) is 11.7 Å². The lowest BCUT2D eigenvalue weighted by Gasteiger charge is -2.22. The number of carbonyl (C=O) groups is 2. The van der Waals surface area contributed by atoms with E-state index in [9.17, 15) is 9.59 Å². The van der Waals surface area contributed by atoms with Gasteiger partial charge in [-0.05, 0) is 37.0 Å². The number of anilines is 1. The van der Waals surface area contributed by atoms with Crippen LogP contribution < -0.4 is 4.90 Å². The van der Waals surface area contributed by atoms with Crippen molar-refractivity contribution in [1.82, 2.24) is 0 Å². The third kappa shape index (κ3) is 1.82. The molecule has 1 atom stereocenters. The number of ketones is 1. The highest BCUT2D eigenvalue weighted by atomic mass is 16.3. The van der Waals surface area contributed by atoms with Gasteiger partial charge in [0, 0.05) is 13.2 Å². The lowest BCUT2D eigenvalue weighted by Crippen LogP contribution is -2.35. The van der Waals surface area contributed by atoms with Gasteiger partial charge in [0.15, 0.2) is 0 Å². The molecule has 0 radical (unpaired) electrons. The maximum Gasteiger partial charge on any atom is 0.299 e. The van der Waals surface area contributed by atoms with Crippen molar-refractivity contribution in [2.75, 3.05) is 18.1 Å². The van der Waals surface area contributed by atoms with Crippen LogP contribution in [0.15, 0.2) is 12.1 Å². The van der Waals surface area contributed by atoms with Crippen LogP contribution in [0.25, 0.3) is 0 Å². The number of aryl methyl sites for hydroxylation is 1. The number of Topliss-reactive ketones (excluding diaryl/α,β-unsaturated/α-hetero) is 1. The Morgan fingerprint density at radius 3 is 2.56 bits per heavy atom. The van der Waals surface area contributed by atoms with E-state index in [0.717, 1.165) is 11.1 Å². The molecule has 96 valence electrons. The molecule has 18 heavy (non-hydrogen) atoms. The second kappa shape index (κ2) is 4.53. The predicted molar refractivity (Wildman–Crippen MR) is 68.8 cm³/mol. The van der Waals surface area contributed by atoms with Crippen LogP contribution in [0.3, 0.4) is 0 Å². The molecule has 2 rings (SSSR count). The maximum absolute atomic E-state index is 12.0. The first-order valence-electron chi connectivity index (χ1n) is 6.04. The molecule has 1 aliphatic heterocycles. The second-order valence-electron chi connectivity index (χ2n) is 4.94. The van der Waals surface area contributed by atoms with Gasteiger partial charge in [-0.25, -0.2) is 0 Å². The van der Waals surface area contributed by atoms with Gasteiger partial charge in [0.05, 0.1) is 11.3 Å². The summed E-state index contributed by atoms with van der Waals surface area (Å²) in [5.41, 5.74) is 3.20. The number of nitrogens with zero attached hydrogens (tertiary/aromatic N) is 1. The molecule has 1 heterocycles. The first-order chi connectivity index (χ1) is 8.47. The molecule has 1 unspecified atom stereocenters. The van der Waals surface area contributed by atoms with E-state index < -0.39 is 11.7 Å². The Morgan fingerprint density at radius 2 is 1.94 bits per heavy atom. The zero-order valence-electron chi connectivity index (χ0n) is 10.9. The van der Waals surface area contributed by atoms with Crippen LogP contribution in [-0.2, 0) is 4.79 Å². The summed E-state index contributed by atoms with van der Waals surface area (Å²) in [4.78, 5) is 25.4. The number of amides is 1. The molecule has 0 saturated carbocycles. The third-order valence-electron chi connectivity index (χ3n) is 3.46. The summed E-state index contributed by atoms with van der Waals surface area (Å²) >= 11 is 0. The standard InChI is InChI=1S/C14H17NO3/c1-8(7-16)6-15-12-10(3)9(2)4-5-11(12)13(17)14(15)18/h4-5,8,16H,6-7H2,1-3H3. The molecule has 0 saturated heterocycles. The summed E-state index contributed by atoms with van der Waals surface area (Å²) in [5.74, 6) is -0.982. The van der Waals surface area contributed by atoms with Crippen LogP contribution >= 0.6 is 0 Å². The summed E-state index contributed by atoms with van der Waals surface area (Å²) in [6.07, 6.45) is 0. The normalized spacial score (nSPS) is 16.1. The highest BCUT2D eigenvalue weighted by Crippen LogP contribution is 2.34. The summed E-state index contributed by atoms with van der Waals surface area (Å²) in [5, 5.41) is 9.10. The first-order valence-corrected chi connectivity index (χ1v) is 6.04. The van der Waals surface area contributed by atoms with E-state index in [2.05, 4.69) is 0 Å². The molecule has 0 fully saturated rings. The minimum atomic E-state index is -0.487. The molecule has 0 aliphatic carbocycles. The fraction of sp³-hybridized carbons (Fsp3) is 0.429. The van der Waals surface area contributed by atoms with Crippen LogP contribution in [0.2, 0.25) is 0 Å². The van der Waals surface area contributed by atoms with E-state index in [0.29, 0.717) is 17.8 Å². The Bertz CT molecular complexity index is 522. The Kier molecular flexibility index (Phi) is 3.22. The van der Waals surface area contributed by atoms with Crippen LogP contribution in [0.1, 0.15) is 28.4 Å². The van der Waals surface area contributed by atoms with Crippen LogP contribution in [0.4, 0.5) is 5.69 Å². The van der Waals surface area contributed by atoms with E-state index in [1.807, 2.05) is 26.8 Å². The largest absolute Gasteiger partial charge is 0.396 e. The average molecular weight is 247 g/mol. The Hall–Kier alpha value is -1.68. The van der Waals surface area contributed by atoms with Gasteiger partial charge < -0.3 is 10.0 Å². The van der Waals surface area contributed by atoms with Gasteiger partial charge in [-0.2, -0.15) is 0 Å². The van der Waals surface area contributed by atoms with Crippen LogP contribution in [0.5, 0.6) is 0 Å². The fourth-order valence-corrected chi connectivity index (χ4v) is 2.22. The Morgan fingerprint density at radius 1 is 1.28 bits per heavy atom. The minimum Gasteiger partial charge on any atom is -0.396 e. The second-order valence-corrected chi connectivity index (χ2v) is 4.94. The van der Waals surface area contributed by atoms with Gasteiger partial charge in [0.1, 0.15) is 0 Å². The maximum atomic E-state index is 12.0. The number of carbonyl (C=O) groups excluding carboxylic acids is 2. The van der Waals surface area contributed by atoms with Gasteiger partial charge in [-0.1, -0.05) is 13.0 Å². The van der Waals surface area contributed by atoms with Crippen LogP contribution in [0, 0.1) is 19.8 Å². The third-order valence-corrected chi connectivity index (χ3v) is 3.46. The van der Waals surface area contributed by atoms with Crippen molar-refractivity contribution >= 4 is 17.4 Å².